The second-order valence-electron chi connectivity index (χ2n) is 9.68. The van der Waals surface area contributed by atoms with Gasteiger partial charge in [0, 0.05) is 33.3 Å². The zero-order chi connectivity index (χ0) is 25.6. The SMILES string of the molecule is Cc1cccc(-c2nnc(-c3ccc(-n4c5ccccc5c5ccccc54)cc3)n2-c2ccccc2)c1C. The number of rotatable bonds is 4. The summed E-state index contributed by atoms with van der Waals surface area (Å²) in [6.07, 6.45) is 0. The molecule has 0 bridgehead atoms. The first kappa shape index (κ1) is 22.3. The molecule has 0 spiro atoms. The highest BCUT2D eigenvalue weighted by Gasteiger charge is 2.19. The fourth-order valence-corrected chi connectivity index (χ4v) is 5.42. The number of aryl methyl sites for hydroxylation is 1. The van der Waals surface area contributed by atoms with Crippen LogP contribution in [-0.2, 0) is 0 Å². The number of aromatic nitrogens is 4. The molecular weight excluding hydrogens is 464 g/mol. The first-order valence-electron chi connectivity index (χ1n) is 12.9. The van der Waals surface area contributed by atoms with Gasteiger partial charge in [-0.25, -0.2) is 0 Å². The molecule has 4 heteroatoms. The molecule has 2 heterocycles. The summed E-state index contributed by atoms with van der Waals surface area (Å²) in [5, 5.41) is 11.9. The lowest BCUT2D eigenvalue weighted by atomic mass is 10.0. The van der Waals surface area contributed by atoms with Crippen LogP contribution in [0.1, 0.15) is 11.1 Å². The van der Waals surface area contributed by atoms with E-state index >= 15 is 0 Å². The van der Waals surface area contributed by atoms with Crippen molar-refractivity contribution in [3.63, 3.8) is 0 Å². The largest absolute Gasteiger partial charge is 0.309 e. The Balaban J connectivity index is 1.40. The minimum atomic E-state index is 0.820. The van der Waals surface area contributed by atoms with Gasteiger partial charge in [-0.3, -0.25) is 4.57 Å². The topological polar surface area (TPSA) is 35.6 Å². The number of hydrogen-bond acceptors (Lipinski definition) is 2. The van der Waals surface area contributed by atoms with Crippen molar-refractivity contribution in [2.24, 2.45) is 0 Å². The van der Waals surface area contributed by atoms with E-state index in [4.69, 9.17) is 10.2 Å². The van der Waals surface area contributed by atoms with Gasteiger partial charge in [0.25, 0.3) is 0 Å². The van der Waals surface area contributed by atoms with Crippen LogP contribution in [0, 0.1) is 13.8 Å². The van der Waals surface area contributed by atoms with Crippen molar-refractivity contribution in [1.29, 1.82) is 0 Å². The maximum Gasteiger partial charge on any atom is 0.169 e. The van der Waals surface area contributed by atoms with Crippen LogP contribution in [-0.4, -0.2) is 19.3 Å². The fraction of sp³-hybridized carbons (Fsp3) is 0.0588. The molecular formula is C34H26N4. The minimum absolute atomic E-state index is 0.820. The van der Waals surface area contributed by atoms with Gasteiger partial charge in [-0.2, -0.15) is 0 Å². The summed E-state index contributed by atoms with van der Waals surface area (Å²) in [5.41, 5.74) is 9.11. The molecule has 0 fully saturated rings. The van der Waals surface area contributed by atoms with Gasteiger partial charge in [-0.15, -0.1) is 10.2 Å². The average molecular weight is 491 g/mol. The molecule has 4 nitrogen and oxygen atoms in total. The van der Waals surface area contributed by atoms with Crippen molar-refractivity contribution in [1.82, 2.24) is 19.3 Å². The van der Waals surface area contributed by atoms with E-state index in [2.05, 4.69) is 138 Å². The number of fused-ring (bicyclic) bond motifs is 3. The summed E-state index contributed by atoms with van der Waals surface area (Å²) in [5.74, 6) is 1.67. The third-order valence-corrected chi connectivity index (χ3v) is 7.49. The first-order valence-corrected chi connectivity index (χ1v) is 12.9. The van der Waals surface area contributed by atoms with Crippen LogP contribution in [0.25, 0.3) is 56.0 Å². The Morgan fingerprint density at radius 2 is 1.05 bits per heavy atom. The molecule has 2 aromatic heterocycles. The van der Waals surface area contributed by atoms with Gasteiger partial charge in [0.1, 0.15) is 0 Å². The standard InChI is InChI=1S/C34H26N4/c1-23-11-10-16-28(24(23)2)34-36-35-33(38(34)26-12-4-3-5-13-26)25-19-21-27(22-20-25)37-31-17-8-6-14-29(31)30-15-7-9-18-32(30)37/h3-22H,1-2H3. The number of para-hydroxylation sites is 3. The van der Waals surface area contributed by atoms with E-state index in [-0.39, 0.29) is 0 Å². The highest BCUT2D eigenvalue weighted by molar-refractivity contribution is 6.09. The van der Waals surface area contributed by atoms with Gasteiger partial charge in [0.2, 0.25) is 0 Å². The third kappa shape index (κ3) is 3.46. The molecule has 7 rings (SSSR count). The predicted octanol–water partition coefficient (Wildman–Crippen LogP) is 8.32. The summed E-state index contributed by atoms with van der Waals surface area (Å²) in [6, 6.07) is 42.5. The van der Waals surface area contributed by atoms with Crippen molar-refractivity contribution < 1.29 is 0 Å². The van der Waals surface area contributed by atoms with Crippen molar-refractivity contribution >= 4 is 21.8 Å². The van der Waals surface area contributed by atoms with Crippen molar-refractivity contribution in [2.75, 3.05) is 0 Å². The lowest BCUT2D eigenvalue weighted by Gasteiger charge is -2.14. The molecule has 0 unspecified atom stereocenters. The monoisotopic (exact) mass is 490 g/mol. The van der Waals surface area contributed by atoms with E-state index < -0.39 is 0 Å². The van der Waals surface area contributed by atoms with Gasteiger partial charge in [0.15, 0.2) is 11.6 Å². The van der Waals surface area contributed by atoms with Crippen LogP contribution < -0.4 is 0 Å². The number of benzene rings is 5. The quantitative estimate of drug-likeness (QED) is 0.249. The van der Waals surface area contributed by atoms with Crippen LogP contribution in [0.5, 0.6) is 0 Å². The van der Waals surface area contributed by atoms with E-state index in [1.165, 1.54) is 32.9 Å². The van der Waals surface area contributed by atoms with Crippen molar-refractivity contribution in [3.05, 3.63) is 132 Å². The average Bonchev–Trinajstić information content (AvgIpc) is 3.55. The molecule has 0 saturated heterocycles. The van der Waals surface area contributed by atoms with Gasteiger partial charge in [-0.1, -0.05) is 72.8 Å². The summed E-state index contributed by atoms with van der Waals surface area (Å²) < 4.78 is 4.50. The smallest absolute Gasteiger partial charge is 0.169 e. The molecule has 0 saturated carbocycles. The van der Waals surface area contributed by atoms with Gasteiger partial charge >= 0.3 is 0 Å². The number of hydrogen-bond donors (Lipinski definition) is 0. The molecule has 0 N–H and O–H groups in total. The van der Waals surface area contributed by atoms with Crippen LogP contribution >= 0.6 is 0 Å². The van der Waals surface area contributed by atoms with Crippen LogP contribution in [0.2, 0.25) is 0 Å². The van der Waals surface area contributed by atoms with Gasteiger partial charge in [0.05, 0.1) is 11.0 Å². The zero-order valence-electron chi connectivity index (χ0n) is 21.3. The molecule has 7 aromatic rings. The normalized spacial score (nSPS) is 11.4. The highest BCUT2D eigenvalue weighted by atomic mass is 15.3. The Morgan fingerprint density at radius 1 is 0.474 bits per heavy atom. The summed E-state index contributed by atoms with van der Waals surface area (Å²) in [6.45, 7) is 4.28. The maximum atomic E-state index is 4.71. The summed E-state index contributed by atoms with van der Waals surface area (Å²) in [4.78, 5) is 0. The van der Waals surface area contributed by atoms with Gasteiger partial charge in [-0.05, 0) is 73.5 Å². The Morgan fingerprint density at radius 3 is 1.74 bits per heavy atom. The molecule has 0 aliphatic carbocycles. The van der Waals surface area contributed by atoms with Crippen molar-refractivity contribution in [3.8, 4) is 34.2 Å². The van der Waals surface area contributed by atoms with E-state index in [0.717, 1.165) is 34.2 Å². The van der Waals surface area contributed by atoms with Gasteiger partial charge < -0.3 is 4.57 Å². The Bertz CT molecular complexity index is 1870. The molecule has 0 aliphatic rings. The molecule has 38 heavy (non-hydrogen) atoms. The lowest BCUT2D eigenvalue weighted by molar-refractivity contribution is 1.07. The first-order chi connectivity index (χ1) is 18.7. The Labute approximate surface area is 221 Å². The van der Waals surface area contributed by atoms with Crippen molar-refractivity contribution in [2.45, 2.75) is 13.8 Å². The summed E-state index contributed by atoms with van der Waals surface area (Å²) >= 11 is 0. The molecule has 0 atom stereocenters. The molecule has 0 aliphatic heterocycles. The molecule has 0 radical (unpaired) electrons. The molecule has 0 amide bonds. The second-order valence-corrected chi connectivity index (χ2v) is 9.68. The van der Waals surface area contributed by atoms with Crippen LogP contribution in [0.3, 0.4) is 0 Å². The highest BCUT2D eigenvalue weighted by Crippen LogP contribution is 2.34. The maximum absolute atomic E-state index is 4.71. The van der Waals surface area contributed by atoms with E-state index in [9.17, 15) is 0 Å². The van der Waals surface area contributed by atoms with E-state index in [1.807, 2.05) is 6.07 Å². The molecule has 182 valence electrons. The molecule has 5 aromatic carbocycles. The fourth-order valence-electron chi connectivity index (χ4n) is 5.42. The second kappa shape index (κ2) is 8.86. The predicted molar refractivity (Wildman–Crippen MR) is 156 cm³/mol. The van der Waals surface area contributed by atoms with E-state index in [0.29, 0.717) is 0 Å². The Hall–Kier alpha value is -4.96. The zero-order valence-corrected chi connectivity index (χ0v) is 21.3. The summed E-state index contributed by atoms with van der Waals surface area (Å²) in [7, 11) is 0. The lowest BCUT2D eigenvalue weighted by Crippen LogP contribution is -2.02. The third-order valence-electron chi connectivity index (χ3n) is 7.49. The van der Waals surface area contributed by atoms with E-state index in [1.54, 1.807) is 0 Å². The van der Waals surface area contributed by atoms with Crippen LogP contribution in [0.4, 0.5) is 0 Å². The Kier molecular flexibility index (Phi) is 5.19. The minimum Gasteiger partial charge on any atom is -0.309 e. The number of nitrogens with zero attached hydrogens (tertiary/aromatic N) is 4. The van der Waals surface area contributed by atoms with Crippen LogP contribution in [0.15, 0.2) is 121 Å².